The van der Waals surface area contributed by atoms with E-state index < -0.39 is 0 Å². The van der Waals surface area contributed by atoms with Crippen molar-refractivity contribution in [3.05, 3.63) is 34.4 Å². The smallest absolute Gasteiger partial charge is 0.262 e. The molecule has 1 aromatic carbocycles. The average molecular weight is 245 g/mol. The Morgan fingerprint density at radius 2 is 1.50 bits per heavy atom. The minimum atomic E-state index is -0.374. The number of hydrogen-bond donors (Lipinski definition) is 1. The van der Waals surface area contributed by atoms with Crippen molar-refractivity contribution in [3.8, 4) is 0 Å². The molecule has 94 valence electrons. The van der Waals surface area contributed by atoms with Crippen LogP contribution in [0.4, 0.5) is 0 Å². The van der Waals surface area contributed by atoms with Crippen LogP contribution in [0.2, 0.25) is 0 Å². The second-order valence-corrected chi connectivity index (χ2v) is 5.21. The lowest BCUT2D eigenvalue weighted by Gasteiger charge is -2.37. The van der Waals surface area contributed by atoms with Crippen molar-refractivity contribution >= 4 is 11.8 Å². The standard InChI is InChI=1S/C14H15NO3/c1-7-3-4-8(2)12-11(7)13(17)15(14(12)18)9-5-10(16)6-9/h3-4,9-10,16H,5-6H2,1-2H3. The van der Waals surface area contributed by atoms with Gasteiger partial charge in [0.1, 0.15) is 0 Å². The van der Waals surface area contributed by atoms with Gasteiger partial charge in [0, 0.05) is 6.04 Å². The molecule has 1 saturated carbocycles. The molecule has 3 rings (SSSR count). The molecule has 1 aliphatic heterocycles. The van der Waals surface area contributed by atoms with Crippen molar-refractivity contribution in [1.82, 2.24) is 4.90 Å². The van der Waals surface area contributed by atoms with Gasteiger partial charge in [0.25, 0.3) is 11.8 Å². The van der Waals surface area contributed by atoms with Gasteiger partial charge >= 0.3 is 0 Å². The van der Waals surface area contributed by atoms with Gasteiger partial charge in [0.2, 0.25) is 0 Å². The van der Waals surface area contributed by atoms with Crippen molar-refractivity contribution in [1.29, 1.82) is 0 Å². The first kappa shape index (κ1) is 11.4. The van der Waals surface area contributed by atoms with Crippen LogP contribution >= 0.6 is 0 Å². The molecule has 0 bridgehead atoms. The third-order valence-corrected chi connectivity index (χ3v) is 3.94. The normalized spacial score (nSPS) is 26.3. The van der Waals surface area contributed by atoms with E-state index in [2.05, 4.69) is 0 Å². The zero-order valence-corrected chi connectivity index (χ0v) is 10.4. The molecule has 1 aliphatic carbocycles. The second kappa shape index (κ2) is 3.65. The number of imide groups is 1. The Labute approximate surface area is 105 Å². The SMILES string of the molecule is Cc1ccc(C)c2c1C(=O)N(C1CC(O)C1)C2=O. The molecule has 1 heterocycles. The van der Waals surface area contributed by atoms with E-state index in [9.17, 15) is 14.7 Å². The Kier molecular flexibility index (Phi) is 2.32. The summed E-state index contributed by atoms with van der Waals surface area (Å²) in [7, 11) is 0. The molecule has 2 amide bonds. The molecule has 1 aromatic rings. The highest BCUT2D eigenvalue weighted by Crippen LogP contribution is 2.35. The maximum absolute atomic E-state index is 12.3. The summed E-state index contributed by atoms with van der Waals surface area (Å²) in [6.07, 6.45) is 0.633. The van der Waals surface area contributed by atoms with Crippen molar-refractivity contribution in [2.75, 3.05) is 0 Å². The second-order valence-electron chi connectivity index (χ2n) is 5.21. The third-order valence-electron chi connectivity index (χ3n) is 3.94. The van der Waals surface area contributed by atoms with Gasteiger partial charge in [0.15, 0.2) is 0 Å². The molecule has 4 nitrogen and oxygen atoms in total. The summed E-state index contributed by atoms with van der Waals surface area (Å²) in [6.45, 7) is 3.70. The lowest BCUT2D eigenvalue weighted by Crippen LogP contribution is -2.49. The van der Waals surface area contributed by atoms with Gasteiger partial charge in [-0.15, -0.1) is 0 Å². The fourth-order valence-electron chi connectivity index (χ4n) is 2.80. The van der Waals surface area contributed by atoms with Gasteiger partial charge in [-0.2, -0.15) is 0 Å². The summed E-state index contributed by atoms with van der Waals surface area (Å²) in [5.41, 5.74) is 2.77. The Hall–Kier alpha value is -1.68. The van der Waals surface area contributed by atoms with Crippen LogP contribution in [-0.4, -0.2) is 34.0 Å². The first-order valence-corrected chi connectivity index (χ1v) is 6.17. The van der Waals surface area contributed by atoms with Crippen LogP contribution in [-0.2, 0) is 0 Å². The van der Waals surface area contributed by atoms with Crippen LogP contribution in [0.15, 0.2) is 12.1 Å². The number of aryl methyl sites for hydroxylation is 2. The number of benzene rings is 1. The maximum Gasteiger partial charge on any atom is 0.262 e. The monoisotopic (exact) mass is 245 g/mol. The predicted octanol–water partition coefficient (Wildman–Crippen LogP) is 1.42. The highest BCUT2D eigenvalue weighted by molar-refractivity contribution is 6.22. The molecule has 1 fully saturated rings. The molecule has 0 spiro atoms. The van der Waals surface area contributed by atoms with Crippen LogP contribution in [0.5, 0.6) is 0 Å². The molecule has 0 saturated heterocycles. The maximum atomic E-state index is 12.3. The molecular formula is C14H15NO3. The summed E-state index contributed by atoms with van der Waals surface area (Å²) in [4.78, 5) is 26.0. The zero-order chi connectivity index (χ0) is 13.0. The molecule has 0 atom stereocenters. The fraction of sp³-hybridized carbons (Fsp3) is 0.429. The Bertz CT molecular complexity index is 517. The van der Waals surface area contributed by atoms with Crippen LogP contribution in [0, 0.1) is 13.8 Å². The van der Waals surface area contributed by atoms with Crippen LogP contribution in [0.1, 0.15) is 44.7 Å². The van der Waals surface area contributed by atoms with Crippen molar-refractivity contribution in [2.24, 2.45) is 0 Å². The van der Waals surface area contributed by atoms with Gasteiger partial charge in [-0.1, -0.05) is 12.1 Å². The topological polar surface area (TPSA) is 57.6 Å². The van der Waals surface area contributed by atoms with Gasteiger partial charge in [0.05, 0.1) is 17.2 Å². The van der Waals surface area contributed by atoms with Crippen LogP contribution < -0.4 is 0 Å². The molecule has 0 aromatic heterocycles. The van der Waals surface area contributed by atoms with Crippen molar-refractivity contribution in [3.63, 3.8) is 0 Å². The van der Waals surface area contributed by atoms with E-state index in [0.717, 1.165) is 11.1 Å². The Morgan fingerprint density at radius 1 is 1.06 bits per heavy atom. The molecule has 18 heavy (non-hydrogen) atoms. The van der Waals surface area contributed by atoms with Crippen LogP contribution in [0.25, 0.3) is 0 Å². The quantitative estimate of drug-likeness (QED) is 0.761. The summed E-state index contributed by atoms with van der Waals surface area (Å²) >= 11 is 0. The number of nitrogens with zero attached hydrogens (tertiary/aromatic N) is 1. The van der Waals surface area contributed by atoms with Crippen molar-refractivity contribution in [2.45, 2.75) is 38.8 Å². The highest BCUT2D eigenvalue weighted by Gasteiger charge is 2.45. The Morgan fingerprint density at radius 3 is 1.89 bits per heavy atom. The van der Waals surface area contributed by atoms with Gasteiger partial charge in [-0.25, -0.2) is 0 Å². The van der Waals surface area contributed by atoms with Gasteiger partial charge in [-0.3, -0.25) is 14.5 Å². The molecule has 2 aliphatic rings. The number of aliphatic hydroxyl groups excluding tert-OH is 1. The van der Waals surface area contributed by atoms with E-state index in [4.69, 9.17) is 0 Å². The number of amides is 2. The van der Waals surface area contributed by atoms with E-state index in [1.54, 1.807) is 0 Å². The number of hydrogen-bond acceptors (Lipinski definition) is 3. The lowest BCUT2D eigenvalue weighted by atomic mass is 9.88. The molecule has 4 heteroatoms. The number of fused-ring (bicyclic) bond motifs is 1. The summed E-state index contributed by atoms with van der Waals surface area (Å²) in [5, 5.41) is 9.33. The Balaban J connectivity index is 2.06. The van der Waals surface area contributed by atoms with Gasteiger partial charge in [-0.05, 0) is 37.8 Å². The lowest BCUT2D eigenvalue weighted by molar-refractivity contribution is 0.0100. The molecule has 1 N–H and O–H groups in total. The van der Waals surface area contributed by atoms with E-state index in [-0.39, 0.29) is 24.0 Å². The van der Waals surface area contributed by atoms with E-state index in [0.29, 0.717) is 24.0 Å². The van der Waals surface area contributed by atoms with E-state index in [1.807, 2.05) is 26.0 Å². The summed E-state index contributed by atoms with van der Waals surface area (Å²) < 4.78 is 0. The predicted molar refractivity (Wildman–Crippen MR) is 65.4 cm³/mol. The molecular weight excluding hydrogens is 230 g/mol. The fourth-order valence-corrected chi connectivity index (χ4v) is 2.80. The van der Waals surface area contributed by atoms with Crippen LogP contribution in [0.3, 0.4) is 0 Å². The van der Waals surface area contributed by atoms with E-state index in [1.165, 1.54) is 4.90 Å². The largest absolute Gasteiger partial charge is 0.393 e. The first-order valence-electron chi connectivity index (χ1n) is 6.17. The zero-order valence-electron chi connectivity index (χ0n) is 10.4. The number of aliphatic hydroxyl groups is 1. The number of rotatable bonds is 1. The van der Waals surface area contributed by atoms with Gasteiger partial charge < -0.3 is 5.11 Å². The van der Waals surface area contributed by atoms with E-state index >= 15 is 0 Å². The number of carbonyl (C=O) groups excluding carboxylic acids is 2. The summed E-state index contributed by atoms with van der Waals surface area (Å²) in [6, 6.07) is 3.61. The minimum Gasteiger partial charge on any atom is -0.393 e. The van der Waals surface area contributed by atoms with Crippen molar-refractivity contribution < 1.29 is 14.7 Å². The minimum absolute atomic E-state index is 0.133. The first-order chi connectivity index (χ1) is 8.50. The molecule has 0 radical (unpaired) electrons. The summed E-state index contributed by atoms with van der Waals surface area (Å²) in [5.74, 6) is -0.402. The third kappa shape index (κ3) is 1.35. The highest BCUT2D eigenvalue weighted by atomic mass is 16.3. The average Bonchev–Trinajstić information content (AvgIpc) is 2.54. The number of carbonyl (C=O) groups is 2. The molecule has 0 unspecified atom stereocenters.